The molecule has 0 heterocycles. The van der Waals surface area contributed by atoms with Crippen molar-refractivity contribution in [2.75, 3.05) is 6.61 Å². The summed E-state index contributed by atoms with van der Waals surface area (Å²) in [4.78, 5) is 0. The minimum Gasteiger partial charge on any atom is -0.377 e. The summed E-state index contributed by atoms with van der Waals surface area (Å²) >= 11 is 0. The molecule has 1 aromatic carbocycles. The van der Waals surface area contributed by atoms with Crippen molar-refractivity contribution < 1.29 is 9.13 Å². The molecule has 0 aliphatic heterocycles. The second kappa shape index (κ2) is 6.61. The Morgan fingerprint density at radius 3 is 2.56 bits per heavy atom. The minimum atomic E-state index is -0.388. The lowest BCUT2D eigenvalue weighted by atomic mass is 9.98. The SMILES string of the molecule is CCCC(OCC)C(N)c1ccccc1F. The van der Waals surface area contributed by atoms with Crippen LogP contribution < -0.4 is 5.73 Å². The predicted octanol–water partition coefficient (Wildman–Crippen LogP) is 3.03. The summed E-state index contributed by atoms with van der Waals surface area (Å²) in [5.41, 5.74) is 6.58. The van der Waals surface area contributed by atoms with E-state index in [1.807, 2.05) is 6.92 Å². The third-order valence-electron chi connectivity index (χ3n) is 2.62. The van der Waals surface area contributed by atoms with E-state index in [2.05, 4.69) is 6.92 Å². The van der Waals surface area contributed by atoms with Crippen molar-refractivity contribution in [3.05, 3.63) is 35.6 Å². The molecule has 90 valence electrons. The molecular weight excluding hydrogens is 205 g/mol. The van der Waals surface area contributed by atoms with Crippen LogP contribution in [0.1, 0.15) is 38.3 Å². The second-order valence-corrected chi connectivity index (χ2v) is 3.83. The van der Waals surface area contributed by atoms with Gasteiger partial charge in [0.1, 0.15) is 5.82 Å². The van der Waals surface area contributed by atoms with Gasteiger partial charge in [0.15, 0.2) is 0 Å². The first-order valence-corrected chi connectivity index (χ1v) is 5.82. The monoisotopic (exact) mass is 225 g/mol. The maximum Gasteiger partial charge on any atom is 0.128 e. The molecule has 0 fully saturated rings. The molecule has 0 radical (unpaired) electrons. The molecule has 1 rings (SSSR count). The normalized spacial score (nSPS) is 14.8. The fourth-order valence-corrected chi connectivity index (χ4v) is 1.81. The van der Waals surface area contributed by atoms with Crippen molar-refractivity contribution in [1.82, 2.24) is 0 Å². The zero-order valence-corrected chi connectivity index (χ0v) is 9.95. The maximum absolute atomic E-state index is 13.5. The van der Waals surface area contributed by atoms with Gasteiger partial charge in [-0.05, 0) is 19.4 Å². The third kappa shape index (κ3) is 3.29. The highest BCUT2D eigenvalue weighted by Crippen LogP contribution is 2.22. The first-order valence-electron chi connectivity index (χ1n) is 5.82. The van der Waals surface area contributed by atoms with Gasteiger partial charge in [0.25, 0.3) is 0 Å². The molecule has 3 heteroatoms. The maximum atomic E-state index is 13.5. The molecule has 0 saturated heterocycles. The van der Waals surface area contributed by atoms with Crippen LogP contribution in [0.2, 0.25) is 0 Å². The Morgan fingerprint density at radius 2 is 2.00 bits per heavy atom. The predicted molar refractivity (Wildman–Crippen MR) is 63.7 cm³/mol. The summed E-state index contributed by atoms with van der Waals surface area (Å²) in [5.74, 6) is -0.254. The van der Waals surface area contributed by atoms with Gasteiger partial charge in [-0.15, -0.1) is 0 Å². The van der Waals surface area contributed by atoms with Crippen molar-refractivity contribution in [3.63, 3.8) is 0 Å². The molecule has 2 atom stereocenters. The molecule has 0 bridgehead atoms. The van der Waals surface area contributed by atoms with Crippen molar-refractivity contribution in [3.8, 4) is 0 Å². The summed E-state index contributed by atoms with van der Waals surface area (Å²) < 4.78 is 19.1. The van der Waals surface area contributed by atoms with E-state index in [1.165, 1.54) is 6.07 Å². The molecule has 1 aromatic rings. The molecule has 0 amide bonds. The van der Waals surface area contributed by atoms with E-state index in [0.717, 1.165) is 12.8 Å². The quantitative estimate of drug-likeness (QED) is 0.807. The Hall–Kier alpha value is -0.930. The highest BCUT2D eigenvalue weighted by atomic mass is 19.1. The van der Waals surface area contributed by atoms with Gasteiger partial charge in [-0.2, -0.15) is 0 Å². The van der Waals surface area contributed by atoms with Gasteiger partial charge in [-0.3, -0.25) is 0 Å². The van der Waals surface area contributed by atoms with Crippen LogP contribution in [-0.4, -0.2) is 12.7 Å². The first kappa shape index (κ1) is 13.1. The minimum absolute atomic E-state index is 0.105. The second-order valence-electron chi connectivity index (χ2n) is 3.83. The largest absolute Gasteiger partial charge is 0.377 e. The van der Waals surface area contributed by atoms with Crippen molar-refractivity contribution in [1.29, 1.82) is 0 Å². The topological polar surface area (TPSA) is 35.2 Å². The molecule has 0 saturated carbocycles. The van der Waals surface area contributed by atoms with E-state index in [0.29, 0.717) is 12.2 Å². The van der Waals surface area contributed by atoms with Crippen LogP contribution in [0.15, 0.2) is 24.3 Å². The lowest BCUT2D eigenvalue weighted by Gasteiger charge is -2.24. The highest BCUT2D eigenvalue weighted by Gasteiger charge is 2.21. The van der Waals surface area contributed by atoms with Gasteiger partial charge in [-0.25, -0.2) is 4.39 Å². The smallest absolute Gasteiger partial charge is 0.128 e. The van der Waals surface area contributed by atoms with Gasteiger partial charge >= 0.3 is 0 Å². The van der Waals surface area contributed by atoms with E-state index in [-0.39, 0.29) is 18.0 Å². The molecule has 0 aromatic heterocycles. The zero-order chi connectivity index (χ0) is 12.0. The summed E-state index contributed by atoms with van der Waals surface area (Å²) in [6.07, 6.45) is 1.72. The van der Waals surface area contributed by atoms with Crippen LogP contribution in [0.4, 0.5) is 4.39 Å². The number of halogens is 1. The number of nitrogens with two attached hydrogens (primary N) is 1. The van der Waals surface area contributed by atoms with Gasteiger partial charge in [0, 0.05) is 12.2 Å². The van der Waals surface area contributed by atoms with Crippen molar-refractivity contribution >= 4 is 0 Å². The Kier molecular flexibility index (Phi) is 5.43. The summed E-state index contributed by atoms with van der Waals surface area (Å²) in [5, 5.41) is 0. The molecule has 0 aliphatic rings. The van der Waals surface area contributed by atoms with E-state index in [4.69, 9.17) is 10.5 Å². The van der Waals surface area contributed by atoms with E-state index < -0.39 is 0 Å². The average Bonchev–Trinajstić information content (AvgIpc) is 2.28. The van der Waals surface area contributed by atoms with Gasteiger partial charge in [0.05, 0.1) is 12.1 Å². The number of rotatable bonds is 6. The van der Waals surface area contributed by atoms with Crippen molar-refractivity contribution in [2.45, 2.75) is 38.8 Å². The Morgan fingerprint density at radius 1 is 1.31 bits per heavy atom. The fourth-order valence-electron chi connectivity index (χ4n) is 1.81. The molecule has 2 N–H and O–H groups in total. The van der Waals surface area contributed by atoms with Crippen molar-refractivity contribution in [2.24, 2.45) is 5.73 Å². The van der Waals surface area contributed by atoms with E-state index >= 15 is 0 Å². The fraction of sp³-hybridized carbons (Fsp3) is 0.538. The number of hydrogen-bond acceptors (Lipinski definition) is 2. The lowest BCUT2D eigenvalue weighted by Crippen LogP contribution is -2.29. The van der Waals surface area contributed by atoms with Gasteiger partial charge in [0.2, 0.25) is 0 Å². The summed E-state index contributed by atoms with van der Waals surface area (Å²) in [6.45, 7) is 4.60. The van der Waals surface area contributed by atoms with Crippen LogP contribution in [-0.2, 0) is 4.74 Å². The number of hydrogen-bond donors (Lipinski definition) is 1. The third-order valence-corrected chi connectivity index (χ3v) is 2.62. The Balaban J connectivity index is 2.81. The van der Waals surface area contributed by atoms with Crippen LogP contribution in [0.5, 0.6) is 0 Å². The van der Waals surface area contributed by atoms with Crippen LogP contribution in [0.25, 0.3) is 0 Å². The molecule has 0 spiro atoms. The first-order chi connectivity index (χ1) is 7.70. The number of benzene rings is 1. The van der Waals surface area contributed by atoms with Crippen LogP contribution in [0.3, 0.4) is 0 Å². The molecule has 16 heavy (non-hydrogen) atoms. The van der Waals surface area contributed by atoms with E-state index in [9.17, 15) is 4.39 Å². The van der Waals surface area contributed by atoms with Crippen LogP contribution in [0, 0.1) is 5.82 Å². The molecular formula is C13H20FNO. The van der Waals surface area contributed by atoms with Gasteiger partial charge < -0.3 is 10.5 Å². The highest BCUT2D eigenvalue weighted by molar-refractivity contribution is 5.21. The van der Waals surface area contributed by atoms with E-state index in [1.54, 1.807) is 18.2 Å². The lowest BCUT2D eigenvalue weighted by molar-refractivity contribution is 0.0366. The summed E-state index contributed by atoms with van der Waals surface area (Å²) in [7, 11) is 0. The van der Waals surface area contributed by atoms with Crippen LogP contribution >= 0.6 is 0 Å². The standard InChI is InChI=1S/C13H20FNO/c1-3-7-12(16-4-2)13(15)10-8-5-6-9-11(10)14/h5-6,8-9,12-13H,3-4,7,15H2,1-2H3. The average molecular weight is 225 g/mol. The molecule has 2 nitrogen and oxygen atoms in total. The summed E-state index contributed by atoms with van der Waals surface area (Å²) in [6, 6.07) is 6.24. The van der Waals surface area contributed by atoms with Gasteiger partial charge in [-0.1, -0.05) is 31.5 Å². The molecule has 2 unspecified atom stereocenters. The Labute approximate surface area is 96.6 Å². The number of ether oxygens (including phenoxy) is 1. The Bertz CT molecular complexity index is 311. The molecule has 0 aliphatic carbocycles. The zero-order valence-electron chi connectivity index (χ0n) is 9.95.